The number of hydrogen-bond acceptors (Lipinski definition) is 3. The molecule has 0 saturated heterocycles. The van der Waals surface area contributed by atoms with Gasteiger partial charge in [0.2, 0.25) is 5.78 Å². The van der Waals surface area contributed by atoms with Gasteiger partial charge in [0.25, 0.3) is 0 Å². The minimum Gasteiger partial charge on any atom is -0.453 e. The van der Waals surface area contributed by atoms with Crippen molar-refractivity contribution in [3.05, 3.63) is 64.9 Å². The molecule has 3 nitrogen and oxygen atoms in total. The molecular formula is C15H10ClNO2. The number of carbonyl (C=O) groups is 1. The van der Waals surface area contributed by atoms with Crippen LogP contribution in [0, 0.1) is 0 Å². The maximum absolute atomic E-state index is 12.3. The SMILES string of the molecule is Nc1cc(Cl)ccc1C(=O)c1cc2ccccc2o1. The zero-order chi connectivity index (χ0) is 13.4. The second-order valence-corrected chi connectivity index (χ2v) is 4.65. The number of fused-ring (bicyclic) bond motifs is 1. The number of nitrogens with two attached hydrogens (primary N) is 1. The third kappa shape index (κ3) is 2.09. The molecule has 0 fully saturated rings. The van der Waals surface area contributed by atoms with E-state index in [9.17, 15) is 4.79 Å². The highest BCUT2D eigenvalue weighted by atomic mass is 35.5. The van der Waals surface area contributed by atoms with Gasteiger partial charge in [0.15, 0.2) is 5.76 Å². The molecule has 0 aliphatic rings. The minimum atomic E-state index is -0.245. The van der Waals surface area contributed by atoms with E-state index in [2.05, 4.69) is 0 Å². The van der Waals surface area contributed by atoms with Crippen LogP contribution in [-0.2, 0) is 0 Å². The second kappa shape index (κ2) is 4.44. The predicted molar refractivity (Wildman–Crippen MR) is 75.5 cm³/mol. The normalized spacial score (nSPS) is 10.8. The molecule has 0 unspecified atom stereocenters. The molecule has 4 heteroatoms. The molecule has 0 radical (unpaired) electrons. The van der Waals surface area contributed by atoms with Crippen LogP contribution in [0.4, 0.5) is 5.69 Å². The summed E-state index contributed by atoms with van der Waals surface area (Å²) in [5, 5.41) is 1.39. The summed E-state index contributed by atoms with van der Waals surface area (Å²) in [4.78, 5) is 12.3. The number of furan rings is 1. The summed E-state index contributed by atoms with van der Waals surface area (Å²) in [5.41, 5.74) is 7.22. The van der Waals surface area contributed by atoms with Gasteiger partial charge in [-0.25, -0.2) is 0 Å². The van der Waals surface area contributed by atoms with E-state index < -0.39 is 0 Å². The molecule has 94 valence electrons. The lowest BCUT2D eigenvalue weighted by molar-refractivity contribution is 0.101. The summed E-state index contributed by atoms with van der Waals surface area (Å²) in [5.74, 6) is 0.0283. The molecule has 19 heavy (non-hydrogen) atoms. The average molecular weight is 272 g/mol. The van der Waals surface area contributed by atoms with Gasteiger partial charge in [0, 0.05) is 21.7 Å². The Morgan fingerprint density at radius 1 is 1.11 bits per heavy atom. The Hall–Kier alpha value is -2.26. The Morgan fingerprint density at radius 2 is 1.89 bits per heavy atom. The minimum absolute atomic E-state index is 0.245. The van der Waals surface area contributed by atoms with Crippen LogP contribution in [0.3, 0.4) is 0 Å². The van der Waals surface area contributed by atoms with Crippen molar-refractivity contribution in [2.24, 2.45) is 0 Å². The third-order valence-corrected chi connectivity index (χ3v) is 3.14. The Bertz CT molecular complexity index is 744. The van der Waals surface area contributed by atoms with Crippen molar-refractivity contribution in [3.8, 4) is 0 Å². The lowest BCUT2D eigenvalue weighted by atomic mass is 10.1. The quantitative estimate of drug-likeness (QED) is 0.568. The van der Waals surface area contributed by atoms with Gasteiger partial charge in [-0.2, -0.15) is 0 Å². The number of ketones is 1. The van der Waals surface area contributed by atoms with Crippen molar-refractivity contribution < 1.29 is 9.21 Å². The highest BCUT2D eigenvalue weighted by Gasteiger charge is 2.16. The van der Waals surface area contributed by atoms with Crippen LogP contribution in [0.1, 0.15) is 16.1 Å². The monoisotopic (exact) mass is 271 g/mol. The van der Waals surface area contributed by atoms with Crippen LogP contribution in [-0.4, -0.2) is 5.78 Å². The second-order valence-electron chi connectivity index (χ2n) is 4.21. The van der Waals surface area contributed by atoms with E-state index in [1.54, 1.807) is 24.3 Å². The van der Waals surface area contributed by atoms with E-state index in [0.29, 0.717) is 21.9 Å². The lowest BCUT2D eigenvalue weighted by Gasteiger charge is -2.02. The van der Waals surface area contributed by atoms with Crippen molar-refractivity contribution in [1.29, 1.82) is 0 Å². The van der Waals surface area contributed by atoms with E-state index in [-0.39, 0.29) is 11.5 Å². The fourth-order valence-electron chi connectivity index (χ4n) is 1.97. The first kappa shape index (κ1) is 11.8. The van der Waals surface area contributed by atoms with Crippen LogP contribution < -0.4 is 5.73 Å². The van der Waals surface area contributed by atoms with Gasteiger partial charge in [-0.15, -0.1) is 0 Å². The first-order chi connectivity index (χ1) is 9.15. The Balaban J connectivity index is 2.08. The largest absolute Gasteiger partial charge is 0.453 e. The van der Waals surface area contributed by atoms with Gasteiger partial charge in [0.1, 0.15) is 5.58 Å². The van der Waals surface area contributed by atoms with Crippen LogP contribution in [0.15, 0.2) is 52.9 Å². The topological polar surface area (TPSA) is 56.2 Å². The van der Waals surface area contributed by atoms with Crippen molar-refractivity contribution >= 4 is 34.0 Å². The number of halogens is 1. The Kier molecular flexibility index (Phi) is 2.76. The van der Waals surface area contributed by atoms with E-state index >= 15 is 0 Å². The van der Waals surface area contributed by atoms with Crippen LogP contribution in [0.25, 0.3) is 11.0 Å². The van der Waals surface area contributed by atoms with Crippen molar-refractivity contribution in [3.63, 3.8) is 0 Å². The van der Waals surface area contributed by atoms with Crippen LogP contribution in [0.5, 0.6) is 0 Å². The van der Waals surface area contributed by atoms with E-state index in [0.717, 1.165) is 5.39 Å². The zero-order valence-corrected chi connectivity index (χ0v) is 10.6. The summed E-state index contributed by atoms with van der Waals surface area (Å²) in [6, 6.07) is 14.0. The molecule has 0 aliphatic heterocycles. The summed E-state index contributed by atoms with van der Waals surface area (Å²) < 4.78 is 5.53. The summed E-state index contributed by atoms with van der Waals surface area (Å²) in [7, 11) is 0. The first-order valence-electron chi connectivity index (χ1n) is 5.73. The molecule has 0 aliphatic carbocycles. The maximum atomic E-state index is 12.3. The van der Waals surface area contributed by atoms with Gasteiger partial charge in [0.05, 0.1) is 0 Å². The third-order valence-electron chi connectivity index (χ3n) is 2.91. The smallest absolute Gasteiger partial charge is 0.230 e. The molecule has 2 aromatic carbocycles. The van der Waals surface area contributed by atoms with Gasteiger partial charge >= 0.3 is 0 Å². The highest BCUT2D eigenvalue weighted by Crippen LogP contribution is 2.25. The summed E-state index contributed by atoms with van der Waals surface area (Å²) >= 11 is 5.82. The fourth-order valence-corrected chi connectivity index (χ4v) is 2.15. The van der Waals surface area contributed by atoms with Crippen LogP contribution >= 0.6 is 11.6 Å². The maximum Gasteiger partial charge on any atom is 0.230 e. The molecule has 1 heterocycles. The Morgan fingerprint density at radius 3 is 2.63 bits per heavy atom. The van der Waals surface area contributed by atoms with E-state index in [4.69, 9.17) is 21.8 Å². The number of rotatable bonds is 2. The van der Waals surface area contributed by atoms with Crippen molar-refractivity contribution in [2.45, 2.75) is 0 Å². The van der Waals surface area contributed by atoms with Gasteiger partial charge in [-0.3, -0.25) is 4.79 Å². The fraction of sp³-hybridized carbons (Fsp3) is 0. The molecule has 2 N–H and O–H groups in total. The van der Waals surface area contributed by atoms with E-state index in [1.165, 1.54) is 0 Å². The predicted octanol–water partition coefficient (Wildman–Crippen LogP) is 3.90. The number of hydrogen-bond donors (Lipinski definition) is 1. The average Bonchev–Trinajstić information content (AvgIpc) is 2.81. The molecule has 1 aromatic heterocycles. The number of anilines is 1. The molecule has 0 bridgehead atoms. The lowest BCUT2D eigenvalue weighted by Crippen LogP contribution is -2.04. The number of para-hydroxylation sites is 1. The molecule has 0 atom stereocenters. The number of carbonyl (C=O) groups excluding carboxylic acids is 1. The molecule has 0 spiro atoms. The van der Waals surface area contributed by atoms with Crippen molar-refractivity contribution in [1.82, 2.24) is 0 Å². The van der Waals surface area contributed by atoms with Gasteiger partial charge in [-0.05, 0) is 30.3 Å². The first-order valence-corrected chi connectivity index (χ1v) is 6.11. The molecular weight excluding hydrogens is 262 g/mol. The molecule has 0 amide bonds. The molecule has 3 aromatic rings. The van der Waals surface area contributed by atoms with Crippen LogP contribution in [0.2, 0.25) is 5.02 Å². The highest BCUT2D eigenvalue weighted by molar-refractivity contribution is 6.31. The standard InChI is InChI=1S/C15H10ClNO2/c16-10-5-6-11(12(17)8-10)15(18)14-7-9-3-1-2-4-13(9)19-14/h1-8H,17H2. The van der Waals surface area contributed by atoms with Crippen molar-refractivity contribution in [2.75, 3.05) is 5.73 Å². The van der Waals surface area contributed by atoms with Gasteiger partial charge < -0.3 is 10.2 Å². The molecule has 3 rings (SSSR count). The number of benzene rings is 2. The summed E-state index contributed by atoms with van der Waals surface area (Å²) in [6.45, 7) is 0. The van der Waals surface area contributed by atoms with E-state index in [1.807, 2.05) is 24.3 Å². The molecule has 0 saturated carbocycles. The summed E-state index contributed by atoms with van der Waals surface area (Å²) in [6.07, 6.45) is 0. The van der Waals surface area contributed by atoms with Gasteiger partial charge in [-0.1, -0.05) is 29.8 Å². The number of nitrogen functional groups attached to an aromatic ring is 1. The Labute approximate surface area is 114 Å². The zero-order valence-electron chi connectivity index (χ0n) is 9.89.